The Morgan fingerprint density at radius 1 is 1.09 bits per heavy atom. The molecule has 1 fully saturated rings. The highest BCUT2D eigenvalue weighted by atomic mass is 19.1. The Balaban J connectivity index is 1.68. The molecule has 1 saturated heterocycles. The Kier molecular flexibility index (Phi) is 9.60. The highest BCUT2D eigenvalue weighted by Crippen LogP contribution is 2.24. The van der Waals surface area contributed by atoms with Crippen LogP contribution < -0.4 is 15.4 Å². The van der Waals surface area contributed by atoms with Gasteiger partial charge in [0.1, 0.15) is 17.6 Å². The van der Waals surface area contributed by atoms with Gasteiger partial charge in [0.25, 0.3) is 11.8 Å². The van der Waals surface area contributed by atoms with Crippen LogP contribution in [0.3, 0.4) is 0 Å². The number of rotatable bonds is 10. The van der Waals surface area contributed by atoms with Crippen LogP contribution in [0.4, 0.5) is 4.39 Å². The fraction of sp³-hybridized carbons (Fsp3) is 0.423. The maximum Gasteiger partial charge on any atom is 0.254 e. The third kappa shape index (κ3) is 7.02. The van der Waals surface area contributed by atoms with Gasteiger partial charge in [-0.25, -0.2) is 4.39 Å². The summed E-state index contributed by atoms with van der Waals surface area (Å²) in [5, 5.41) is 5.57. The highest BCUT2D eigenvalue weighted by molar-refractivity contribution is 5.98. The quantitative estimate of drug-likeness (QED) is 0.505. The first-order chi connectivity index (χ1) is 16.9. The van der Waals surface area contributed by atoms with Crippen molar-refractivity contribution in [2.45, 2.75) is 25.3 Å². The molecule has 1 atom stereocenters. The minimum Gasteiger partial charge on any atom is -0.497 e. The average molecular weight is 486 g/mol. The Morgan fingerprint density at radius 2 is 1.83 bits per heavy atom. The predicted octanol–water partition coefficient (Wildman–Crippen LogP) is 2.64. The first-order valence-electron chi connectivity index (χ1n) is 11.7. The molecule has 0 spiro atoms. The van der Waals surface area contributed by atoms with Crippen LogP contribution in [0.15, 0.2) is 48.5 Å². The van der Waals surface area contributed by atoms with E-state index in [9.17, 15) is 18.8 Å². The minimum atomic E-state index is -0.848. The largest absolute Gasteiger partial charge is 0.497 e. The summed E-state index contributed by atoms with van der Waals surface area (Å²) in [5.74, 6) is -1.34. The molecule has 9 heteroatoms. The number of hydrogen-bond acceptors (Lipinski definition) is 5. The molecular formula is C26H32FN3O5. The third-order valence-electron chi connectivity index (χ3n) is 6.13. The van der Waals surface area contributed by atoms with Gasteiger partial charge in [0.05, 0.1) is 12.7 Å². The molecule has 0 aromatic heterocycles. The Morgan fingerprint density at radius 3 is 2.51 bits per heavy atom. The van der Waals surface area contributed by atoms with Crippen LogP contribution in [0.2, 0.25) is 0 Å². The van der Waals surface area contributed by atoms with Gasteiger partial charge in [-0.15, -0.1) is 0 Å². The maximum atomic E-state index is 14.1. The summed E-state index contributed by atoms with van der Waals surface area (Å²) < 4.78 is 24.4. The van der Waals surface area contributed by atoms with E-state index < -0.39 is 17.8 Å². The van der Waals surface area contributed by atoms with Crippen LogP contribution >= 0.6 is 0 Å². The van der Waals surface area contributed by atoms with E-state index in [1.54, 1.807) is 49.5 Å². The van der Waals surface area contributed by atoms with Crippen LogP contribution in [0.25, 0.3) is 0 Å². The lowest BCUT2D eigenvalue weighted by Gasteiger charge is -2.36. The predicted molar refractivity (Wildman–Crippen MR) is 129 cm³/mol. The van der Waals surface area contributed by atoms with Crippen molar-refractivity contribution in [3.05, 3.63) is 65.5 Å². The van der Waals surface area contributed by atoms with Gasteiger partial charge in [-0.1, -0.05) is 18.2 Å². The number of hydrogen-bond donors (Lipinski definition) is 2. The first kappa shape index (κ1) is 26.2. The van der Waals surface area contributed by atoms with Crippen molar-refractivity contribution in [2.24, 2.45) is 5.92 Å². The van der Waals surface area contributed by atoms with Crippen molar-refractivity contribution >= 4 is 17.7 Å². The van der Waals surface area contributed by atoms with Gasteiger partial charge in [0.2, 0.25) is 5.91 Å². The molecule has 0 bridgehead atoms. The van der Waals surface area contributed by atoms with Gasteiger partial charge in [-0.3, -0.25) is 14.4 Å². The minimum absolute atomic E-state index is 0.113. The summed E-state index contributed by atoms with van der Waals surface area (Å²) in [6.45, 7) is 1.76. The number of carbonyl (C=O) groups excluding carboxylic acids is 3. The molecule has 0 saturated carbocycles. The van der Waals surface area contributed by atoms with E-state index in [4.69, 9.17) is 9.47 Å². The van der Waals surface area contributed by atoms with Gasteiger partial charge >= 0.3 is 0 Å². The van der Waals surface area contributed by atoms with E-state index in [0.717, 1.165) is 0 Å². The van der Waals surface area contributed by atoms with Gasteiger partial charge in [0, 0.05) is 38.9 Å². The lowest BCUT2D eigenvalue weighted by atomic mass is 9.88. The molecule has 3 amide bonds. The monoisotopic (exact) mass is 485 g/mol. The van der Waals surface area contributed by atoms with Crippen LogP contribution in [0.1, 0.15) is 40.0 Å². The van der Waals surface area contributed by atoms with Crippen LogP contribution in [-0.4, -0.2) is 69.1 Å². The van der Waals surface area contributed by atoms with Crippen molar-refractivity contribution in [1.82, 2.24) is 15.5 Å². The molecule has 3 rings (SSSR count). The second-order valence-corrected chi connectivity index (χ2v) is 8.43. The van der Waals surface area contributed by atoms with Crippen molar-refractivity contribution < 1.29 is 28.2 Å². The molecule has 1 unspecified atom stereocenters. The van der Waals surface area contributed by atoms with E-state index >= 15 is 0 Å². The number of carbonyl (C=O) groups is 3. The zero-order valence-electron chi connectivity index (χ0n) is 20.1. The van der Waals surface area contributed by atoms with E-state index in [1.807, 2.05) is 0 Å². The van der Waals surface area contributed by atoms with Gasteiger partial charge in [-0.2, -0.15) is 0 Å². The lowest BCUT2D eigenvalue weighted by Crippen LogP contribution is -2.54. The number of likely N-dealkylation sites (tertiary alicyclic amines) is 1. The molecule has 35 heavy (non-hydrogen) atoms. The number of ether oxygens (including phenoxy) is 2. The molecule has 2 N–H and O–H groups in total. The summed E-state index contributed by atoms with van der Waals surface area (Å²) in [4.78, 5) is 40.5. The summed E-state index contributed by atoms with van der Waals surface area (Å²) in [7, 11) is 3.13. The Labute approximate surface area is 204 Å². The van der Waals surface area contributed by atoms with Crippen molar-refractivity contribution in [3.8, 4) is 5.75 Å². The van der Waals surface area contributed by atoms with E-state index in [2.05, 4.69) is 10.6 Å². The zero-order chi connectivity index (χ0) is 25.2. The fourth-order valence-corrected chi connectivity index (χ4v) is 4.17. The molecular weight excluding hydrogens is 453 g/mol. The highest BCUT2D eigenvalue weighted by Gasteiger charge is 2.34. The van der Waals surface area contributed by atoms with Gasteiger partial charge in [-0.05, 0) is 55.5 Å². The number of amides is 3. The molecule has 1 aliphatic heterocycles. The topological polar surface area (TPSA) is 97.0 Å². The van der Waals surface area contributed by atoms with E-state index in [1.165, 1.54) is 18.2 Å². The van der Waals surface area contributed by atoms with E-state index in [-0.39, 0.29) is 23.3 Å². The molecule has 2 aromatic carbocycles. The van der Waals surface area contributed by atoms with Crippen molar-refractivity contribution in [1.29, 1.82) is 0 Å². The molecule has 1 heterocycles. The number of benzene rings is 2. The standard InChI is InChI=1S/C26H32FN3O5/c1-34-16-6-13-28-25(32)23(29-24(31)21-9-3-4-10-22(21)27)18-11-14-30(15-12-18)26(33)19-7-5-8-20(17-19)35-2/h3-5,7-10,17-18,23H,6,11-16H2,1-2H3,(H,28,32)(H,29,31). The number of nitrogens with zero attached hydrogens (tertiary/aromatic N) is 1. The number of halogens is 1. The first-order valence-corrected chi connectivity index (χ1v) is 11.7. The third-order valence-corrected chi connectivity index (χ3v) is 6.13. The zero-order valence-corrected chi connectivity index (χ0v) is 20.1. The molecule has 188 valence electrons. The van der Waals surface area contributed by atoms with Crippen molar-refractivity contribution in [3.63, 3.8) is 0 Å². The second-order valence-electron chi connectivity index (χ2n) is 8.43. The van der Waals surface area contributed by atoms with Crippen LogP contribution in [0, 0.1) is 11.7 Å². The van der Waals surface area contributed by atoms with Crippen LogP contribution in [-0.2, 0) is 9.53 Å². The van der Waals surface area contributed by atoms with Crippen LogP contribution in [0.5, 0.6) is 5.75 Å². The molecule has 1 aliphatic rings. The summed E-state index contributed by atoms with van der Waals surface area (Å²) in [6.07, 6.45) is 1.66. The summed E-state index contributed by atoms with van der Waals surface area (Å²) in [5.41, 5.74) is 0.415. The SMILES string of the molecule is COCCCNC(=O)C(NC(=O)c1ccccc1F)C1CCN(C(=O)c2cccc(OC)c2)CC1. The molecule has 0 radical (unpaired) electrons. The Hall–Kier alpha value is -3.46. The van der Waals surface area contributed by atoms with Gasteiger partial charge in [0.15, 0.2) is 0 Å². The van der Waals surface area contributed by atoms with E-state index in [0.29, 0.717) is 56.8 Å². The molecule has 0 aliphatic carbocycles. The number of piperidine rings is 1. The summed E-state index contributed by atoms with van der Waals surface area (Å²) in [6, 6.07) is 11.8. The Bertz CT molecular complexity index is 1020. The second kappa shape index (κ2) is 12.9. The van der Waals surface area contributed by atoms with Crippen molar-refractivity contribution in [2.75, 3.05) is 40.5 Å². The average Bonchev–Trinajstić information content (AvgIpc) is 2.89. The number of nitrogens with one attached hydrogen (secondary N) is 2. The summed E-state index contributed by atoms with van der Waals surface area (Å²) >= 11 is 0. The normalized spacial score (nSPS) is 14.8. The maximum absolute atomic E-state index is 14.1. The smallest absolute Gasteiger partial charge is 0.254 e. The molecule has 8 nitrogen and oxygen atoms in total. The fourth-order valence-electron chi connectivity index (χ4n) is 4.17. The van der Waals surface area contributed by atoms with Gasteiger partial charge < -0.3 is 25.0 Å². The lowest BCUT2D eigenvalue weighted by molar-refractivity contribution is -0.124. The molecule has 2 aromatic rings. The number of methoxy groups -OCH3 is 2.